The topological polar surface area (TPSA) is 9.23 Å². The fourth-order valence-corrected chi connectivity index (χ4v) is 2.43. The van der Waals surface area contributed by atoms with Gasteiger partial charge in [-0.05, 0) is 30.5 Å². The van der Waals surface area contributed by atoms with Crippen LogP contribution in [0.1, 0.15) is 22.3 Å². The Morgan fingerprint density at radius 3 is 2.36 bits per heavy atom. The largest absolute Gasteiger partial charge is 0.540 e. The SMILES string of the molecule is Cc1cc(CCl)c(O[Si])c(C)c1CCl. The maximum absolute atomic E-state index is 5.86. The van der Waals surface area contributed by atoms with Gasteiger partial charge in [0.2, 0.25) is 0 Å². The van der Waals surface area contributed by atoms with Crippen LogP contribution in [0.15, 0.2) is 6.07 Å². The van der Waals surface area contributed by atoms with Crippen LogP contribution >= 0.6 is 23.2 Å². The Bertz CT molecular complexity index is 339. The van der Waals surface area contributed by atoms with E-state index in [-0.39, 0.29) is 0 Å². The van der Waals surface area contributed by atoms with Crippen molar-refractivity contribution in [1.29, 1.82) is 0 Å². The molecular formula is C10H11Cl2OSi. The van der Waals surface area contributed by atoms with Gasteiger partial charge >= 0.3 is 10.5 Å². The van der Waals surface area contributed by atoms with Crippen molar-refractivity contribution in [2.75, 3.05) is 0 Å². The van der Waals surface area contributed by atoms with Gasteiger partial charge < -0.3 is 4.43 Å². The summed E-state index contributed by atoms with van der Waals surface area (Å²) in [5, 5.41) is 0. The van der Waals surface area contributed by atoms with E-state index in [1.54, 1.807) is 0 Å². The van der Waals surface area contributed by atoms with Crippen molar-refractivity contribution in [1.82, 2.24) is 0 Å². The molecule has 0 saturated carbocycles. The van der Waals surface area contributed by atoms with E-state index in [2.05, 4.69) is 10.5 Å². The van der Waals surface area contributed by atoms with E-state index in [9.17, 15) is 0 Å². The molecule has 1 nitrogen and oxygen atoms in total. The molecule has 0 amide bonds. The van der Waals surface area contributed by atoms with Gasteiger partial charge in [0.1, 0.15) is 5.75 Å². The van der Waals surface area contributed by atoms with Crippen LogP contribution in [0.5, 0.6) is 5.75 Å². The van der Waals surface area contributed by atoms with Gasteiger partial charge in [0.15, 0.2) is 0 Å². The summed E-state index contributed by atoms with van der Waals surface area (Å²) >= 11 is 11.7. The van der Waals surface area contributed by atoms with Crippen LogP contribution in [-0.4, -0.2) is 10.5 Å². The molecule has 0 unspecified atom stereocenters. The highest BCUT2D eigenvalue weighted by Gasteiger charge is 2.11. The number of alkyl halides is 2. The van der Waals surface area contributed by atoms with Gasteiger partial charge in [-0.25, -0.2) is 0 Å². The van der Waals surface area contributed by atoms with Crippen LogP contribution in [0.2, 0.25) is 0 Å². The maximum atomic E-state index is 5.86. The zero-order chi connectivity index (χ0) is 10.7. The van der Waals surface area contributed by atoms with E-state index in [1.807, 2.05) is 19.9 Å². The number of aryl methyl sites for hydroxylation is 1. The van der Waals surface area contributed by atoms with Crippen LogP contribution in [0.25, 0.3) is 0 Å². The molecule has 1 aromatic rings. The highest BCUT2D eigenvalue weighted by Crippen LogP contribution is 2.31. The van der Waals surface area contributed by atoms with Crippen molar-refractivity contribution in [2.24, 2.45) is 0 Å². The Hall–Kier alpha value is -0.183. The summed E-state index contributed by atoms with van der Waals surface area (Å²) in [6.45, 7) is 4.01. The molecular weight excluding hydrogens is 235 g/mol. The highest BCUT2D eigenvalue weighted by atomic mass is 35.5. The summed E-state index contributed by atoms with van der Waals surface area (Å²) in [5.74, 6) is 1.70. The Labute approximate surface area is 97.9 Å². The molecule has 14 heavy (non-hydrogen) atoms. The molecule has 0 N–H and O–H groups in total. The lowest BCUT2D eigenvalue weighted by Gasteiger charge is -2.15. The van der Waals surface area contributed by atoms with Crippen LogP contribution in [0, 0.1) is 13.8 Å². The van der Waals surface area contributed by atoms with Gasteiger partial charge in [0.05, 0.1) is 5.88 Å². The molecule has 0 spiro atoms. The second-order valence-corrected chi connectivity index (χ2v) is 3.89. The fourth-order valence-electron chi connectivity index (χ4n) is 1.53. The van der Waals surface area contributed by atoms with Crippen molar-refractivity contribution < 1.29 is 4.43 Å². The van der Waals surface area contributed by atoms with E-state index >= 15 is 0 Å². The molecule has 0 saturated heterocycles. The maximum Gasteiger partial charge on any atom is 0.341 e. The predicted molar refractivity (Wildman–Crippen MR) is 61.4 cm³/mol. The highest BCUT2D eigenvalue weighted by molar-refractivity contribution is 6.18. The number of hydrogen-bond acceptors (Lipinski definition) is 1. The van der Waals surface area contributed by atoms with E-state index in [4.69, 9.17) is 27.6 Å². The first-order valence-electron chi connectivity index (χ1n) is 4.23. The molecule has 0 atom stereocenters. The first-order valence-corrected chi connectivity index (χ1v) is 5.70. The van der Waals surface area contributed by atoms with Crippen LogP contribution in [-0.2, 0) is 11.8 Å². The number of benzene rings is 1. The summed E-state index contributed by atoms with van der Waals surface area (Å²) in [7, 11) is 3.04. The molecule has 0 aliphatic carbocycles. The Balaban J connectivity index is 3.39. The monoisotopic (exact) mass is 245 g/mol. The van der Waals surface area contributed by atoms with Gasteiger partial charge in [-0.2, -0.15) is 0 Å². The third kappa shape index (κ3) is 2.07. The average molecular weight is 246 g/mol. The summed E-state index contributed by atoms with van der Waals surface area (Å²) in [6, 6.07) is 2.01. The van der Waals surface area contributed by atoms with E-state index < -0.39 is 0 Å². The van der Waals surface area contributed by atoms with Gasteiger partial charge in [-0.1, -0.05) is 6.07 Å². The summed E-state index contributed by atoms with van der Waals surface area (Å²) in [5.41, 5.74) is 4.28. The zero-order valence-electron chi connectivity index (χ0n) is 8.16. The van der Waals surface area contributed by atoms with Crippen molar-refractivity contribution in [2.45, 2.75) is 25.6 Å². The van der Waals surface area contributed by atoms with Crippen LogP contribution in [0.4, 0.5) is 0 Å². The second kappa shape index (κ2) is 5.05. The number of halogens is 2. The third-order valence-electron chi connectivity index (χ3n) is 2.33. The first-order chi connectivity index (χ1) is 6.65. The Morgan fingerprint density at radius 2 is 1.93 bits per heavy atom. The zero-order valence-corrected chi connectivity index (χ0v) is 10.7. The molecule has 1 aromatic carbocycles. The molecule has 0 aliphatic heterocycles. The minimum absolute atomic E-state index is 0.435. The summed E-state index contributed by atoms with van der Waals surface area (Å²) in [4.78, 5) is 0. The lowest BCUT2D eigenvalue weighted by molar-refractivity contribution is 0.602. The quantitative estimate of drug-likeness (QED) is 0.587. The molecule has 1 rings (SSSR count). The molecule has 0 heterocycles. The number of hydrogen-bond donors (Lipinski definition) is 0. The molecule has 3 radical (unpaired) electrons. The van der Waals surface area contributed by atoms with Gasteiger partial charge in [-0.3, -0.25) is 0 Å². The summed E-state index contributed by atoms with van der Waals surface area (Å²) < 4.78 is 5.13. The first kappa shape index (κ1) is 11.9. The normalized spacial score (nSPS) is 10.4. The lowest BCUT2D eigenvalue weighted by Crippen LogP contribution is -2.00. The fraction of sp³-hybridized carbons (Fsp3) is 0.400. The second-order valence-electron chi connectivity index (χ2n) is 3.15. The molecule has 75 valence electrons. The third-order valence-corrected chi connectivity index (χ3v) is 3.09. The molecule has 0 bridgehead atoms. The predicted octanol–water partition coefficient (Wildman–Crippen LogP) is 3.24. The Morgan fingerprint density at radius 1 is 1.29 bits per heavy atom. The van der Waals surface area contributed by atoms with Crippen LogP contribution in [0.3, 0.4) is 0 Å². The van der Waals surface area contributed by atoms with Crippen LogP contribution < -0.4 is 4.43 Å². The van der Waals surface area contributed by atoms with Gasteiger partial charge in [0.25, 0.3) is 0 Å². The minimum Gasteiger partial charge on any atom is -0.540 e. The van der Waals surface area contributed by atoms with Crippen molar-refractivity contribution in [3.63, 3.8) is 0 Å². The number of rotatable bonds is 3. The van der Waals surface area contributed by atoms with Gasteiger partial charge in [0, 0.05) is 11.4 Å². The molecule has 4 heteroatoms. The Kier molecular flexibility index (Phi) is 4.29. The molecule has 0 fully saturated rings. The minimum atomic E-state index is 0.435. The van der Waals surface area contributed by atoms with E-state index in [0.29, 0.717) is 11.8 Å². The molecule has 0 aliphatic rings. The van der Waals surface area contributed by atoms with Crippen molar-refractivity contribution >= 4 is 33.7 Å². The van der Waals surface area contributed by atoms with E-state index in [0.717, 1.165) is 28.0 Å². The van der Waals surface area contributed by atoms with Gasteiger partial charge in [-0.15, -0.1) is 23.2 Å². The van der Waals surface area contributed by atoms with E-state index in [1.165, 1.54) is 0 Å². The lowest BCUT2D eigenvalue weighted by atomic mass is 10.00. The summed E-state index contributed by atoms with van der Waals surface area (Å²) in [6.07, 6.45) is 0. The standard InChI is InChI=1S/C10H11Cl2OSi/c1-6-3-8(4-11)10(13-14)7(2)9(6)5-12/h3H,4-5H2,1-2H3. The smallest absolute Gasteiger partial charge is 0.341 e. The average Bonchev–Trinajstić information content (AvgIpc) is 2.17. The molecule has 0 aromatic heterocycles. The van der Waals surface area contributed by atoms with Crippen molar-refractivity contribution in [3.05, 3.63) is 28.3 Å². The van der Waals surface area contributed by atoms with Crippen molar-refractivity contribution in [3.8, 4) is 5.75 Å².